The number of hydrogen-bond acceptors (Lipinski definition) is 8. The molecule has 0 aliphatic carbocycles. The third-order valence-corrected chi connectivity index (χ3v) is 16.4. The maximum atomic E-state index is 13.3. The van der Waals surface area contributed by atoms with Gasteiger partial charge >= 0.3 is 5.97 Å². The summed E-state index contributed by atoms with van der Waals surface area (Å²) in [4.78, 5) is 36.3. The molecule has 1 N–H and O–H groups in total. The van der Waals surface area contributed by atoms with Gasteiger partial charge in [0.2, 0.25) is 0 Å². The summed E-state index contributed by atoms with van der Waals surface area (Å²) in [6, 6.07) is 30.9. The van der Waals surface area contributed by atoms with E-state index in [-0.39, 0.29) is 10.2 Å². The van der Waals surface area contributed by atoms with Crippen LogP contribution in [0.4, 0.5) is 28.4 Å². The SMILES string of the molecule is CCCCCCCCCCCCC(CCCCCCCCCC)CN1c2ccc(/C=C3\SC(=S)N(CC(=O)O)C3=O)cc2Sc2cc(N3c4ccccc4Sc4ccccc43)ccc21. The second kappa shape index (κ2) is 24.7. The zero-order valence-electron chi connectivity index (χ0n) is 38.0. The number of hydrogen-bond donors (Lipinski definition) is 1. The van der Waals surface area contributed by atoms with Gasteiger partial charge in [0.05, 0.1) is 27.7 Å². The predicted molar refractivity (Wildman–Crippen MR) is 278 cm³/mol. The first-order valence-corrected chi connectivity index (χ1v) is 27.1. The van der Waals surface area contributed by atoms with Crippen molar-refractivity contribution in [2.24, 2.45) is 5.92 Å². The van der Waals surface area contributed by atoms with E-state index in [1.54, 1.807) is 11.8 Å². The molecular formula is C54H67N3O3S4. The molecule has 4 aromatic carbocycles. The molecule has 3 aliphatic rings. The van der Waals surface area contributed by atoms with Gasteiger partial charge in [0.1, 0.15) is 10.9 Å². The van der Waals surface area contributed by atoms with Crippen LogP contribution in [0.5, 0.6) is 0 Å². The number of carbonyl (C=O) groups excluding carboxylic acids is 1. The van der Waals surface area contributed by atoms with Crippen molar-refractivity contribution in [3.8, 4) is 0 Å². The van der Waals surface area contributed by atoms with Crippen LogP contribution >= 0.6 is 47.5 Å². The quantitative estimate of drug-likeness (QED) is 0.0332. The van der Waals surface area contributed by atoms with Gasteiger partial charge in [-0.1, -0.05) is 207 Å². The van der Waals surface area contributed by atoms with Crippen LogP contribution in [0.2, 0.25) is 0 Å². The minimum Gasteiger partial charge on any atom is -0.480 e. The average molecular weight is 934 g/mol. The van der Waals surface area contributed by atoms with Crippen molar-refractivity contribution >= 4 is 98.2 Å². The zero-order chi connectivity index (χ0) is 44.7. The lowest BCUT2D eigenvalue weighted by atomic mass is 9.93. The van der Waals surface area contributed by atoms with Crippen molar-refractivity contribution in [1.29, 1.82) is 0 Å². The van der Waals surface area contributed by atoms with Gasteiger partial charge in [-0.3, -0.25) is 14.5 Å². The Morgan fingerprint density at radius 3 is 1.66 bits per heavy atom. The molecule has 1 amide bonds. The molecule has 0 aromatic heterocycles. The molecule has 0 saturated carbocycles. The van der Waals surface area contributed by atoms with Crippen molar-refractivity contribution in [2.45, 2.75) is 162 Å². The summed E-state index contributed by atoms with van der Waals surface area (Å²) in [5.74, 6) is -0.855. The molecule has 6 nitrogen and oxygen atoms in total. The van der Waals surface area contributed by atoms with Gasteiger partial charge in [-0.25, -0.2) is 0 Å². The number of carboxylic acid groups (broad SMARTS) is 1. The van der Waals surface area contributed by atoms with Gasteiger partial charge in [-0.15, -0.1) is 0 Å². The summed E-state index contributed by atoms with van der Waals surface area (Å²) in [5, 5.41) is 9.42. The van der Waals surface area contributed by atoms with Gasteiger partial charge < -0.3 is 14.9 Å². The van der Waals surface area contributed by atoms with E-state index in [2.05, 4.69) is 109 Å². The summed E-state index contributed by atoms with van der Waals surface area (Å²) in [6.45, 7) is 5.12. The first-order chi connectivity index (χ1) is 31.3. The normalized spacial score (nSPS) is 15.3. The van der Waals surface area contributed by atoms with Crippen LogP contribution in [0.3, 0.4) is 0 Å². The van der Waals surface area contributed by atoms with Crippen LogP contribution in [0.25, 0.3) is 6.08 Å². The highest BCUT2D eigenvalue weighted by Crippen LogP contribution is 2.55. The highest BCUT2D eigenvalue weighted by atomic mass is 32.2. The minimum atomic E-state index is -1.08. The number of para-hydroxylation sites is 2. The number of unbranched alkanes of at least 4 members (excludes halogenated alkanes) is 16. The number of rotatable bonds is 26. The predicted octanol–water partition coefficient (Wildman–Crippen LogP) is 17.0. The van der Waals surface area contributed by atoms with E-state index in [0.717, 1.165) is 22.7 Å². The number of fused-ring (bicyclic) bond motifs is 4. The fourth-order valence-electron chi connectivity index (χ4n) is 9.29. The van der Waals surface area contributed by atoms with Gasteiger partial charge in [-0.05, 0) is 85.0 Å². The topological polar surface area (TPSA) is 64.1 Å². The van der Waals surface area contributed by atoms with Crippen molar-refractivity contribution in [1.82, 2.24) is 4.90 Å². The Morgan fingerprint density at radius 2 is 1.09 bits per heavy atom. The lowest BCUT2D eigenvalue weighted by Crippen LogP contribution is -2.33. The summed E-state index contributed by atoms with van der Waals surface area (Å²) < 4.78 is 0.280. The number of anilines is 5. The third kappa shape index (κ3) is 12.8. The first kappa shape index (κ1) is 48.2. The monoisotopic (exact) mass is 933 g/mol. The van der Waals surface area contributed by atoms with Crippen molar-refractivity contribution in [2.75, 3.05) is 22.9 Å². The molecule has 3 aliphatic heterocycles. The summed E-state index contributed by atoms with van der Waals surface area (Å²) >= 11 is 10.2. The maximum absolute atomic E-state index is 13.3. The van der Waals surface area contributed by atoms with E-state index >= 15 is 0 Å². The number of carboxylic acids is 1. The number of amides is 1. The van der Waals surface area contributed by atoms with E-state index in [1.807, 2.05) is 17.8 Å². The molecule has 4 aromatic rings. The fraction of sp³-hybridized carbons (Fsp3) is 0.463. The number of carbonyl (C=O) groups is 2. The average Bonchev–Trinajstić information content (AvgIpc) is 3.55. The summed E-state index contributed by atoms with van der Waals surface area (Å²) in [7, 11) is 0. The highest BCUT2D eigenvalue weighted by Gasteiger charge is 2.34. The fourth-order valence-corrected chi connectivity index (χ4v) is 12.8. The van der Waals surface area contributed by atoms with Crippen molar-refractivity contribution in [3.63, 3.8) is 0 Å². The smallest absolute Gasteiger partial charge is 0.323 e. The van der Waals surface area contributed by atoms with E-state index in [4.69, 9.17) is 12.2 Å². The van der Waals surface area contributed by atoms with Crippen LogP contribution in [0.1, 0.15) is 148 Å². The van der Waals surface area contributed by atoms with Crippen molar-refractivity contribution in [3.05, 3.63) is 95.4 Å². The van der Waals surface area contributed by atoms with Crippen molar-refractivity contribution < 1.29 is 14.7 Å². The molecule has 340 valence electrons. The van der Waals surface area contributed by atoms with Crippen LogP contribution in [-0.4, -0.2) is 39.3 Å². The van der Waals surface area contributed by atoms with E-state index in [0.29, 0.717) is 10.8 Å². The summed E-state index contributed by atoms with van der Waals surface area (Å²) in [6.07, 6.45) is 28.5. The lowest BCUT2D eigenvalue weighted by molar-refractivity contribution is -0.140. The largest absolute Gasteiger partial charge is 0.480 e. The van der Waals surface area contributed by atoms with Crippen LogP contribution < -0.4 is 9.80 Å². The minimum absolute atomic E-state index is 0.280. The van der Waals surface area contributed by atoms with Crippen LogP contribution in [0.15, 0.2) is 109 Å². The number of thiocarbonyl (C=S) groups is 1. The molecular weight excluding hydrogens is 867 g/mol. The number of thioether (sulfide) groups is 1. The van der Waals surface area contributed by atoms with Gasteiger partial charge in [-0.2, -0.15) is 0 Å². The van der Waals surface area contributed by atoms with Crippen LogP contribution in [0, 0.1) is 5.92 Å². The standard InChI is InChI=1S/C54H67N3O3S4/c1-3-5-7-9-11-13-14-16-18-20-26-40(25-19-17-15-12-10-8-6-4-2)38-55-43-33-31-41(36-51-53(60)56(39-52(58)59)54(61)64-51)35-49(43)63-50-37-42(32-34-44(50)55)57-45-27-21-23-29-47(45)62-48-30-24-22-28-46(48)57/h21-24,27-37,40H,3-20,25-26,38-39H2,1-2H3,(H,58,59)/b51-36-. The molecule has 0 spiro atoms. The zero-order valence-corrected chi connectivity index (χ0v) is 41.3. The Morgan fingerprint density at radius 1 is 0.594 bits per heavy atom. The first-order valence-electron chi connectivity index (χ1n) is 24.2. The van der Waals surface area contributed by atoms with Gasteiger partial charge in [0.15, 0.2) is 0 Å². The lowest BCUT2D eigenvalue weighted by Gasteiger charge is -2.37. The van der Waals surface area contributed by atoms with E-state index < -0.39 is 12.5 Å². The molecule has 7 rings (SSSR count). The van der Waals surface area contributed by atoms with E-state index in [1.165, 1.54) is 183 Å². The maximum Gasteiger partial charge on any atom is 0.323 e. The number of benzene rings is 4. The Kier molecular flexibility index (Phi) is 18.6. The Hall–Kier alpha value is -3.70. The highest BCUT2D eigenvalue weighted by molar-refractivity contribution is 8.26. The molecule has 1 unspecified atom stereocenters. The molecule has 3 heterocycles. The number of aliphatic carboxylic acids is 1. The second-order valence-corrected chi connectivity index (χ2v) is 21.6. The third-order valence-electron chi connectivity index (χ3n) is 12.8. The molecule has 64 heavy (non-hydrogen) atoms. The molecule has 1 fully saturated rings. The van der Waals surface area contributed by atoms with Crippen LogP contribution in [-0.2, 0) is 9.59 Å². The van der Waals surface area contributed by atoms with E-state index in [9.17, 15) is 14.7 Å². The Balaban J connectivity index is 1.16. The Labute approximate surface area is 401 Å². The molecule has 0 bridgehead atoms. The molecule has 0 radical (unpaired) electrons. The Bertz CT molecular complexity index is 2200. The summed E-state index contributed by atoms with van der Waals surface area (Å²) in [5.41, 5.74) is 6.87. The molecule has 10 heteroatoms. The number of nitrogens with zero attached hydrogens (tertiary/aromatic N) is 3. The second-order valence-electron chi connectivity index (χ2n) is 17.7. The molecule has 1 atom stereocenters. The molecule has 1 saturated heterocycles. The van der Waals surface area contributed by atoms with Gasteiger partial charge in [0.25, 0.3) is 5.91 Å². The van der Waals surface area contributed by atoms with Gasteiger partial charge in [0, 0.05) is 31.8 Å².